The third-order valence-electron chi connectivity index (χ3n) is 2.80. The zero-order valence-electron chi connectivity index (χ0n) is 9.75. The Morgan fingerprint density at radius 3 is 2.22 bits per heavy atom. The minimum Gasteiger partial charge on any atom is -0.450 e. The molecule has 0 atom stereocenters. The lowest BCUT2D eigenvalue weighted by molar-refractivity contribution is 0.319. The van der Waals surface area contributed by atoms with Crippen molar-refractivity contribution in [3.05, 3.63) is 48.0 Å². The number of fused-ring (bicyclic) bond motifs is 2. The summed E-state index contributed by atoms with van der Waals surface area (Å²) in [6.07, 6.45) is 0. The minimum atomic E-state index is 0.528. The molecule has 0 fully saturated rings. The van der Waals surface area contributed by atoms with Gasteiger partial charge in [0, 0.05) is 5.56 Å². The Morgan fingerprint density at radius 2 is 1.56 bits per heavy atom. The Labute approximate surface area is 104 Å². The number of ether oxygens (including phenoxy) is 2. The van der Waals surface area contributed by atoms with E-state index in [0.717, 1.165) is 5.56 Å². The largest absolute Gasteiger partial charge is 0.450 e. The third kappa shape index (κ3) is 1.68. The van der Waals surface area contributed by atoms with E-state index in [2.05, 4.69) is 5.16 Å². The average molecular weight is 241 g/mol. The van der Waals surface area contributed by atoms with Crippen LogP contribution in [0.15, 0.2) is 47.6 Å². The van der Waals surface area contributed by atoms with Gasteiger partial charge in [-0.05, 0) is 37.3 Å². The van der Waals surface area contributed by atoms with E-state index >= 15 is 0 Å². The summed E-state index contributed by atoms with van der Waals surface area (Å²) in [5.41, 5.74) is 1.32. The molecule has 4 nitrogen and oxygen atoms in total. The molecule has 0 radical (unpaired) electrons. The monoisotopic (exact) mass is 241 g/mol. The van der Waals surface area contributed by atoms with Crippen molar-refractivity contribution >= 4 is 5.71 Å². The highest BCUT2D eigenvalue weighted by atomic mass is 16.6. The van der Waals surface area contributed by atoms with Crippen LogP contribution in [-0.2, 0) is 0 Å². The summed E-state index contributed by atoms with van der Waals surface area (Å²) in [4.78, 5) is 0. The van der Waals surface area contributed by atoms with Gasteiger partial charge >= 0.3 is 0 Å². The maximum Gasteiger partial charge on any atom is 0.170 e. The van der Waals surface area contributed by atoms with Gasteiger partial charge in [0.1, 0.15) is 0 Å². The second-order valence-electron chi connectivity index (χ2n) is 4.00. The van der Waals surface area contributed by atoms with E-state index in [1.165, 1.54) is 0 Å². The van der Waals surface area contributed by atoms with Gasteiger partial charge in [-0.3, -0.25) is 0 Å². The summed E-state index contributed by atoms with van der Waals surface area (Å²) in [6.45, 7) is 1.72. The summed E-state index contributed by atoms with van der Waals surface area (Å²) in [7, 11) is 0. The van der Waals surface area contributed by atoms with Gasteiger partial charge in [0.15, 0.2) is 23.0 Å². The van der Waals surface area contributed by atoms with E-state index in [4.69, 9.17) is 14.7 Å². The molecule has 0 spiro atoms. The highest BCUT2D eigenvalue weighted by molar-refractivity contribution is 5.98. The number of para-hydroxylation sites is 2. The van der Waals surface area contributed by atoms with Gasteiger partial charge in [0.2, 0.25) is 0 Å². The number of hydrogen-bond donors (Lipinski definition) is 1. The second kappa shape index (κ2) is 4.07. The predicted octanol–water partition coefficient (Wildman–Crippen LogP) is 3.78. The topological polar surface area (TPSA) is 51.1 Å². The van der Waals surface area contributed by atoms with Crippen LogP contribution >= 0.6 is 0 Å². The van der Waals surface area contributed by atoms with Crippen LogP contribution in [0.2, 0.25) is 0 Å². The van der Waals surface area contributed by atoms with Gasteiger partial charge in [0.05, 0.1) is 5.71 Å². The molecule has 1 aliphatic heterocycles. The zero-order valence-corrected chi connectivity index (χ0v) is 9.75. The van der Waals surface area contributed by atoms with Crippen molar-refractivity contribution in [1.29, 1.82) is 0 Å². The van der Waals surface area contributed by atoms with E-state index in [9.17, 15) is 0 Å². The van der Waals surface area contributed by atoms with Gasteiger partial charge < -0.3 is 14.7 Å². The highest BCUT2D eigenvalue weighted by Crippen LogP contribution is 2.45. The van der Waals surface area contributed by atoms with Gasteiger partial charge in [0.25, 0.3) is 0 Å². The van der Waals surface area contributed by atoms with Crippen molar-refractivity contribution in [3.8, 4) is 23.0 Å². The quantitative estimate of drug-likeness (QED) is 0.400. The van der Waals surface area contributed by atoms with Crippen LogP contribution in [0.4, 0.5) is 0 Å². The number of rotatable bonds is 1. The first-order chi connectivity index (χ1) is 8.78. The first-order valence-corrected chi connectivity index (χ1v) is 5.56. The van der Waals surface area contributed by atoms with Crippen LogP contribution < -0.4 is 9.47 Å². The molecule has 18 heavy (non-hydrogen) atoms. The maximum absolute atomic E-state index is 8.77. The van der Waals surface area contributed by atoms with Gasteiger partial charge in [-0.15, -0.1) is 0 Å². The molecule has 2 aromatic rings. The van der Waals surface area contributed by atoms with Crippen LogP contribution in [0.3, 0.4) is 0 Å². The fraction of sp³-hybridized carbons (Fsp3) is 0.0714. The van der Waals surface area contributed by atoms with E-state index in [-0.39, 0.29) is 0 Å². The van der Waals surface area contributed by atoms with Crippen molar-refractivity contribution in [3.63, 3.8) is 0 Å². The molecule has 2 aromatic carbocycles. The Kier molecular flexibility index (Phi) is 2.41. The van der Waals surface area contributed by atoms with Crippen LogP contribution in [-0.4, -0.2) is 10.9 Å². The molecule has 0 saturated heterocycles. The molecule has 0 aliphatic carbocycles. The standard InChI is InChI=1S/C14H11NO3/c1-9(15-16)10-6-7-13-14(8-10)18-12-5-3-2-4-11(12)17-13/h2-8,16H,1H3. The molecule has 3 rings (SSSR count). The fourth-order valence-corrected chi connectivity index (χ4v) is 1.81. The molecule has 0 amide bonds. The minimum absolute atomic E-state index is 0.528. The smallest absolute Gasteiger partial charge is 0.170 e. The van der Waals surface area contributed by atoms with Gasteiger partial charge in [-0.25, -0.2) is 0 Å². The number of oxime groups is 1. The molecule has 1 heterocycles. The summed E-state index contributed by atoms with van der Waals surface area (Å²) >= 11 is 0. The van der Waals surface area contributed by atoms with Crippen molar-refractivity contribution in [2.24, 2.45) is 5.16 Å². The Morgan fingerprint density at radius 1 is 0.944 bits per heavy atom. The Balaban J connectivity index is 2.03. The van der Waals surface area contributed by atoms with Crippen LogP contribution in [0.25, 0.3) is 0 Å². The lowest BCUT2D eigenvalue weighted by Gasteiger charge is -2.20. The Hall–Kier alpha value is -2.49. The highest BCUT2D eigenvalue weighted by Gasteiger charge is 2.18. The summed E-state index contributed by atoms with van der Waals surface area (Å²) in [6, 6.07) is 12.9. The molecule has 1 N–H and O–H groups in total. The molecule has 4 heteroatoms. The summed E-state index contributed by atoms with van der Waals surface area (Å²) in [5, 5.41) is 11.9. The van der Waals surface area contributed by atoms with Crippen LogP contribution in [0, 0.1) is 0 Å². The van der Waals surface area contributed by atoms with Crippen molar-refractivity contribution < 1.29 is 14.7 Å². The maximum atomic E-state index is 8.77. The van der Waals surface area contributed by atoms with Crippen LogP contribution in [0.1, 0.15) is 12.5 Å². The zero-order chi connectivity index (χ0) is 12.5. The fourth-order valence-electron chi connectivity index (χ4n) is 1.81. The lowest BCUT2D eigenvalue weighted by atomic mass is 10.1. The van der Waals surface area contributed by atoms with Crippen LogP contribution in [0.5, 0.6) is 23.0 Å². The molecule has 0 saturated carbocycles. The van der Waals surface area contributed by atoms with Crippen molar-refractivity contribution in [2.75, 3.05) is 0 Å². The molecule has 0 bridgehead atoms. The normalized spacial score (nSPS) is 13.1. The van der Waals surface area contributed by atoms with Gasteiger partial charge in [-0.1, -0.05) is 17.3 Å². The molecule has 1 aliphatic rings. The van der Waals surface area contributed by atoms with E-state index < -0.39 is 0 Å². The number of benzene rings is 2. The van der Waals surface area contributed by atoms with E-state index in [1.807, 2.05) is 30.3 Å². The van der Waals surface area contributed by atoms with Crippen molar-refractivity contribution in [1.82, 2.24) is 0 Å². The molecule has 90 valence electrons. The summed E-state index contributed by atoms with van der Waals surface area (Å²) in [5.74, 6) is 2.66. The predicted molar refractivity (Wildman–Crippen MR) is 67.0 cm³/mol. The molecule has 0 aromatic heterocycles. The van der Waals surface area contributed by atoms with Gasteiger partial charge in [-0.2, -0.15) is 0 Å². The lowest BCUT2D eigenvalue weighted by Crippen LogP contribution is -2.01. The average Bonchev–Trinajstić information content (AvgIpc) is 2.43. The Bertz CT molecular complexity index is 635. The molecular formula is C14H11NO3. The third-order valence-corrected chi connectivity index (χ3v) is 2.80. The SMILES string of the molecule is CC(=NO)c1ccc2c(c1)Oc1ccccc1O2. The van der Waals surface area contributed by atoms with E-state index in [1.54, 1.807) is 19.1 Å². The number of hydrogen-bond acceptors (Lipinski definition) is 4. The first-order valence-electron chi connectivity index (χ1n) is 5.56. The first kappa shape index (κ1) is 10.7. The molecule has 0 unspecified atom stereocenters. The van der Waals surface area contributed by atoms with E-state index in [0.29, 0.717) is 28.7 Å². The summed E-state index contributed by atoms with van der Waals surface area (Å²) < 4.78 is 11.5. The number of nitrogens with zero attached hydrogens (tertiary/aromatic N) is 1. The van der Waals surface area contributed by atoms with Crippen molar-refractivity contribution in [2.45, 2.75) is 6.92 Å². The second-order valence-corrected chi connectivity index (χ2v) is 4.00. The molecular weight excluding hydrogens is 230 g/mol.